The number of carbonyl (C=O) groups excluding carboxylic acids is 1. The Balaban J connectivity index is 1.99. The van der Waals surface area contributed by atoms with Gasteiger partial charge >= 0.3 is 12.1 Å². The van der Waals surface area contributed by atoms with Crippen LogP contribution in [-0.2, 0) is 14.9 Å². The number of rotatable bonds is 2. The monoisotopic (exact) mass is 353 g/mol. The second-order valence-corrected chi connectivity index (χ2v) is 8.09. The first-order valence-corrected chi connectivity index (χ1v) is 8.11. The van der Waals surface area contributed by atoms with Crippen molar-refractivity contribution in [2.45, 2.75) is 50.7 Å². The van der Waals surface area contributed by atoms with Gasteiger partial charge in [0, 0.05) is 23.9 Å². The van der Waals surface area contributed by atoms with Gasteiger partial charge in [-0.3, -0.25) is 4.90 Å². The van der Waals surface area contributed by atoms with Gasteiger partial charge in [-0.1, -0.05) is 0 Å². The average molecular weight is 353 g/mol. The van der Waals surface area contributed by atoms with E-state index in [1.807, 2.05) is 0 Å². The molecule has 1 aliphatic heterocycles. The summed E-state index contributed by atoms with van der Waals surface area (Å²) in [4.78, 5) is 25.7. The molecule has 1 heterocycles. The quantitative estimate of drug-likeness (QED) is 0.886. The number of carbonyl (C=O) groups is 2. The summed E-state index contributed by atoms with van der Waals surface area (Å²) < 4.78 is 32.6. The maximum Gasteiger partial charge on any atom is 0.411 e. The highest BCUT2D eigenvalue weighted by molar-refractivity contribution is 5.87. The Morgan fingerprint density at radius 1 is 1.24 bits per heavy atom. The minimum Gasteiger partial charge on any atom is -0.479 e. The molecule has 0 spiro atoms. The zero-order valence-electron chi connectivity index (χ0n) is 14.6. The molecule has 0 bridgehead atoms. The molecule has 0 aromatic heterocycles. The minimum absolute atomic E-state index is 0.0538. The fraction of sp³-hybridized carbons (Fsp3) is 0.556. The molecule has 1 amide bonds. The third-order valence-corrected chi connectivity index (χ3v) is 5.24. The van der Waals surface area contributed by atoms with Crippen molar-refractivity contribution in [1.82, 2.24) is 4.90 Å². The number of carboxylic acid groups (broad SMARTS) is 1. The number of ether oxygens (including phenoxy) is 1. The lowest BCUT2D eigenvalue weighted by Gasteiger charge is -2.35. The lowest BCUT2D eigenvalue weighted by atomic mass is 9.90. The van der Waals surface area contributed by atoms with Crippen LogP contribution in [0.3, 0.4) is 0 Å². The fourth-order valence-electron chi connectivity index (χ4n) is 3.94. The molecule has 1 aliphatic carbocycles. The number of hydrogen-bond donors (Lipinski definition) is 1. The molecule has 1 aromatic carbocycles. The molecular formula is C18H21F2NO4. The highest BCUT2D eigenvalue weighted by atomic mass is 19.1. The molecule has 136 valence electrons. The van der Waals surface area contributed by atoms with E-state index in [4.69, 9.17) is 4.74 Å². The molecule has 3 rings (SSSR count). The van der Waals surface area contributed by atoms with E-state index in [9.17, 15) is 23.5 Å². The van der Waals surface area contributed by atoms with Crippen LogP contribution in [0.2, 0.25) is 0 Å². The van der Waals surface area contributed by atoms with Gasteiger partial charge in [-0.25, -0.2) is 18.4 Å². The zero-order valence-corrected chi connectivity index (χ0v) is 14.6. The zero-order chi connectivity index (χ0) is 18.8. The summed E-state index contributed by atoms with van der Waals surface area (Å²) in [7, 11) is 0. The molecular weight excluding hydrogens is 332 g/mol. The van der Waals surface area contributed by atoms with E-state index in [1.165, 1.54) is 24.0 Å². The summed E-state index contributed by atoms with van der Waals surface area (Å²) in [5.74, 6) is -3.02. The Labute approximate surface area is 144 Å². The van der Waals surface area contributed by atoms with E-state index in [0.29, 0.717) is 12.0 Å². The number of nitrogens with zero attached hydrogens (tertiary/aromatic N) is 1. The van der Waals surface area contributed by atoms with Gasteiger partial charge in [0.25, 0.3) is 0 Å². The van der Waals surface area contributed by atoms with Gasteiger partial charge in [-0.15, -0.1) is 0 Å². The Bertz CT molecular complexity index is 740. The van der Waals surface area contributed by atoms with Crippen LogP contribution in [0.15, 0.2) is 18.2 Å². The number of halogens is 2. The maximum absolute atomic E-state index is 13.6. The van der Waals surface area contributed by atoms with Gasteiger partial charge in [-0.2, -0.15) is 0 Å². The smallest absolute Gasteiger partial charge is 0.411 e. The van der Waals surface area contributed by atoms with E-state index in [1.54, 1.807) is 20.8 Å². The van der Waals surface area contributed by atoms with Crippen molar-refractivity contribution < 1.29 is 28.2 Å². The van der Waals surface area contributed by atoms with Gasteiger partial charge in [0.05, 0.1) is 0 Å². The highest BCUT2D eigenvalue weighted by Crippen LogP contribution is 2.66. The predicted octanol–water partition coefficient (Wildman–Crippen LogP) is 3.32. The minimum atomic E-state index is -1.48. The Hall–Kier alpha value is -2.18. The predicted molar refractivity (Wildman–Crippen MR) is 85.1 cm³/mol. The summed E-state index contributed by atoms with van der Waals surface area (Å²) in [5.41, 5.74) is -2.63. The summed E-state index contributed by atoms with van der Waals surface area (Å²) in [5, 5.41) is 9.76. The van der Waals surface area contributed by atoms with E-state index < -0.39 is 46.2 Å². The molecule has 3 unspecified atom stereocenters. The average Bonchev–Trinajstić information content (AvgIpc) is 3.11. The van der Waals surface area contributed by atoms with Crippen LogP contribution in [0.1, 0.15) is 39.7 Å². The molecule has 2 fully saturated rings. The van der Waals surface area contributed by atoms with Crippen LogP contribution in [0.25, 0.3) is 0 Å². The first kappa shape index (κ1) is 17.6. The highest BCUT2D eigenvalue weighted by Gasteiger charge is 2.75. The first-order chi connectivity index (χ1) is 11.4. The number of likely N-dealkylation sites (tertiary alicyclic amines) is 1. The summed E-state index contributed by atoms with van der Waals surface area (Å²) in [6.07, 6.45) is -0.279. The summed E-state index contributed by atoms with van der Waals surface area (Å²) >= 11 is 0. The van der Waals surface area contributed by atoms with Crippen molar-refractivity contribution in [3.8, 4) is 0 Å². The number of carboxylic acids is 1. The largest absolute Gasteiger partial charge is 0.479 e. The van der Waals surface area contributed by atoms with Gasteiger partial charge in [0.15, 0.2) is 0 Å². The van der Waals surface area contributed by atoms with E-state index >= 15 is 0 Å². The SMILES string of the molecule is CC(C)(C)OC(=O)N1CC2(c3cc(F)cc(F)c3)CC2C1(C)C(=O)O. The molecule has 1 aromatic rings. The number of benzene rings is 1. The topological polar surface area (TPSA) is 66.8 Å². The van der Waals surface area contributed by atoms with Gasteiger partial charge in [0.1, 0.15) is 22.8 Å². The molecule has 3 atom stereocenters. The molecule has 0 radical (unpaired) electrons. The van der Waals surface area contributed by atoms with E-state index in [-0.39, 0.29) is 6.54 Å². The lowest BCUT2D eigenvalue weighted by Crippen LogP contribution is -2.54. The molecule has 1 saturated carbocycles. The molecule has 2 aliphatic rings. The standard InChI is InChI=1S/C18H21F2NO4/c1-16(2,3)25-15(24)21-9-18(8-13(18)17(21,4)14(22)23)10-5-11(19)7-12(20)6-10/h5-7,13H,8-9H2,1-4H3,(H,22,23). The van der Waals surface area contributed by atoms with Gasteiger partial charge in [-0.05, 0) is 51.8 Å². The van der Waals surface area contributed by atoms with Crippen molar-refractivity contribution in [1.29, 1.82) is 0 Å². The number of amides is 1. The Morgan fingerprint density at radius 3 is 2.28 bits per heavy atom. The number of fused-ring (bicyclic) bond motifs is 1. The van der Waals surface area contributed by atoms with Crippen LogP contribution in [-0.4, -0.2) is 39.8 Å². The lowest BCUT2D eigenvalue weighted by molar-refractivity contribution is -0.149. The van der Waals surface area contributed by atoms with Crippen LogP contribution in [0.5, 0.6) is 0 Å². The van der Waals surface area contributed by atoms with Crippen LogP contribution in [0, 0.1) is 17.6 Å². The summed E-state index contributed by atoms with van der Waals surface area (Å²) in [6, 6.07) is 3.20. The van der Waals surface area contributed by atoms with Crippen molar-refractivity contribution in [2.75, 3.05) is 6.54 Å². The van der Waals surface area contributed by atoms with Crippen molar-refractivity contribution >= 4 is 12.1 Å². The molecule has 25 heavy (non-hydrogen) atoms. The molecule has 5 nitrogen and oxygen atoms in total. The van der Waals surface area contributed by atoms with Crippen molar-refractivity contribution in [3.05, 3.63) is 35.4 Å². The third-order valence-electron chi connectivity index (χ3n) is 5.24. The fourth-order valence-corrected chi connectivity index (χ4v) is 3.94. The van der Waals surface area contributed by atoms with Gasteiger partial charge in [0.2, 0.25) is 0 Å². The van der Waals surface area contributed by atoms with E-state index in [2.05, 4.69) is 0 Å². The first-order valence-electron chi connectivity index (χ1n) is 8.11. The summed E-state index contributed by atoms with van der Waals surface area (Å²) in [6.45, 7) is 6.60. The molecule has 7 heteroatoms. The van der Waals surface area contributed by atoms with Crippen molar-refractivity contribution in [2.24, 2.45) is 5.92 Å². The molecule has 1 N–H and O–H groups in total. The molecule has 1 saturated heterocycles. The van der Waals surface area contributed by atoms with Gasteiger partial charge < -0.3 is 9.84 Å². The van der Waals surface area contributed by atoms with Crippen LogP contribution >= 0.6 is 0 Å². The van der Waals surface area contributed by atoms with E-state index in [0.717, 1.165) is 6.07 Å². The third kappa shape index (κ3) is 2.65. The number of aliphatic carboxylic acids is 1. The van der Waals surface area contributed by atoms with Crippen LogP contribution in [0.4, 0.5) is 13.6 Å². The Morgan fingerprint density at radius 2 is 1.80 bits per heavy atom. The van der Waals surface area contributed by atoms with Crippen LogP contribution < -0.4 is 0 Å². The Kier molecular flexibility index (Phi) is 3.64. The second-order valence-electron chi connectivity index (χ2n) is 8.09. The number of hydrogen-bond acceptors (Lipinski definition) is 3. The maximum atomic E-state index is 13.6. The second kappa shape index (κ2) is 5.16. The van der Waals surface area contributed by atoms with Crippen molar-refractivity contribution in [3.63, 3.8) is 0 Å². The normalized spacial score (nSPS) is 30.8. The number of piperidine rings is 1.